The molecule has 5 heteroatoms. The van der Waals surface area contributed by atoms with Crippen LogP contribution in [0.25, 0.3) is 0 Å². The summed E-state index contributed by atoms with van der Waals surface area (Å²) in [5.41, 5.74) is 5.83. The zero-order valence-electron chi connectivity index (χ0n) is 8.58. The van der Waals surface area contributed by atoms with Crippen molar-refractivity contribution in [2.24, 2.45) is 11.7 Å². The molecular weight excluding hydrogens is 258 g/mol. The molecule has 0 bridgehead atoms. The Kier molecular flexibility index (Phi) is 3.77. The van der Waals surface area contributed by atoms with Gasteiger partial charge in [-0.15, -0.1) is 0 Å². The lowest BCUT2D eigenvalue weighted by atomic mass is 9.85. The van der Waals surface area contributed by atoms with Gasteiger partial charge in [-0.25, -0.2) is 4.98 Å². The van der Waals surface area contributed by atoms with Crippen molar-refractivity contribution < 1.29 is 4.74 Å². The number of nitrogens with one attached hydrogen (secondary N) is 1. The van der Waals surface area contributed by atoms with Crippen LogP contribution in [0.4, 0.5) is 0 Å². The molecule has 0 amide bonds. The summed E-state index contributed by atoms with van der Waals surface area (Å²) in [4.78, 5) is 7.55. The number of rotatable bonds is 3. The molecule has 0 radical (unpaired) electrons. The molecular formula is C10H16BrN3O. The highest BCUT2D eigenvalue weighted by Crippen LogP contribution is 2.30. The second-order valence-electron chi connectivity index (χ2n) is 3.91. The number of aromatic amines is 1. The maximum absolute atomic E-state index is 5.83. The molecule has 1 atom stereocenters. The summed E-state index contributed by atoms with van der Waals surface area (Å²) in [6, 6.07) is 0. The third kappa shape index (κ3) is 2.59. The molecule has 3 N–H and O–H groups in total. The predicted molar refractivity (Wildman–Crippen MR) is 61.6 cm³/mol. The third-order valence-corrected chi connectivity index (χ3v) is 3.41. The highest BCUT2D eigenvalue weighted by molar-refractivity contribution is 9.10. The molecule has 0 spiro atoms. The van der Waals surface area contributed by atoms with Crippen LogP contribution in [-0.2, 0) is 4.74 Å². The van der Waals surface area contributed by atoms with Gasteiger partial charge in [0.15, 0.2) is 0 Å². The van der Waals surface area contributed by atoms with Crippen LogP contribution in [0.1, 0.15) is 24.6 Å². The number of H-pyrrole nitrogens is 1. The summed E-state index contributed by atoms with van der Waals surface area (Å²) in [7, 11) is 0. The molecule has 0 saturated carbocycles. The molecule has 4 nitrogen and oxygen atoms in total. The Bertz CT molecular complexity index is 309. The summed E-state index contributed by atoms with van der Waals surface area (Å²) in [5, 5.41) is 0. The van der Waals surface area contributed by atoms with E-state index in [9.17, 15) is 0 Å². The maximum atomic E-state index is 5.83. The number of nitrogens with two attached hydrogens (primary N) is 1. The first-order chi connectivity index (χ1) is 7.31. The minimum Gasteiger partial charge on any atom is -0.381 e. The van der Waals surface area contributed by atoms with Crippen molar-refractivity contribution in [3.8, 4) is 0 Å². The molecule has 1 aliphatic heterocycles. The van der Waals surface area contributed by atoms with Gasteiger partial charge in [0.05, 0.1) is 6.20 Å². The average molecular weight is 274 g/mol. The zero-order valence-corrected chi connectivity index (χ0v) is 10.2. The molecule has 0 aliphatic carbocycles. The minimum atomic E-state index is 0.334. The quantitative estimate of drug-likeness (QED) is 0.880. The first kappa shape index (κ1) is 11.1. The summed E-state index contributed by atoms with van der Waals surface area (Å²) in [6.07, 6.45) is 3.96. The number of hydrogen-bond acceptors (Lipinski definition) is 3. The van der Waals surface area contributed by atoms with Gasteiger partial charge in [-0.1, -0.05) is 0 Å². The van der Waals surface area contributed by atoms with Crippen LogP contribution in [0.5, 0.6) is 0 Å². The van der Waals surface area contributed by atoms with E-state index >= 15 is 0 Å². The van der Waals surface area contributed by atoms with Gasteiger partial charge in [0.25, 0.3) is 0 Å². The van der Waals surface area contributed by atoms with E-state index in [1.54, 1.807) is 6.20 Å². The van der Waals surface area contributed by atoms with Gasteiger partial charge in [-0.05, 0) is 34.7 Å². The first-order valence-corrected chi connectivity index (χ1v) is 6.08. The average Bonchev–Trinajstić information content (AvgIpc) is 2.68. The van der Waals surface area contributed by atoms with Gasteiger partial charge >= 0.3 is 0 Å². The number of nitrogens with zero attached hydrogens (tertiary/aromatic N) is 1. The Balaban J connectivity index is 2.08. The van der Waals surface area contributed by atoms with Crippen molar-refractivity contribution in [3.05, 3.63) is 16.6 Å². The fourth-order valence-electron chi connectivity index (χ4n) is 2.15. The standard InChI is InChI=1S/C10H16BrN3O/c11-9-6-13-10(14-9)8(5-12)7-1-3-15-4-2-7/h6-8H,1-5,12H2,(H,13,14). The van der Waals surface area contributed by atoms with E-state index in [0.29, 0.717) is 18.4 Å². The zero-order chi connectivity index (χ0) is 10.7. The second kappa shape index (κ2) is 5.09. The molecule has 2 heterocycles. The molecule has 2 rings (SSSR count). The Morgan fingerprint density at radius 1 is 1.60 bits per heavy atom. The largest absolute Gasteiger partial charge is 0.381 e. The molecule has 1 fully saturated rings. The van der Waals surface area contributed by atoms with Gasteiger partial charge in [-0.3, -0.25) is 0 Å². The highest BCUT2D eigenvalue weighted by atomic mass is 79.9. The molecule has 1 saturated heterocycles. The van der Waals surface area contributed by atoms with Gasteiger partial charge in [0.2, 0.25) is 0 Å². The third-order valence-electron chi connectivity index (χ3n) is 3.00. The van der Waals surface area contributed by atoms with Crippen LogP contribution in [-0.4, -0.2) is 29.7 Å². The maximum Gasteiger partial charge on any atom is 0.111 e. The molecule has 1 aliphatic rings. The Morgan fingerprint density at radius 2 is 2.33 bits per heavy atom. The lowest BCUT2D eigenvalue weighted by molar-refractivity contribution is 0.0578. The van der Waals surface area contributed by atoms with Crippen molar-refractivity contribution in [1.82, 2.24) is 9.97 Å². The van der Waals surface area contributed by atoms with Crippen LogP contribution >= 0.6 is 15.9 Å². The molecule has 0 aromatic carbocycles. The fraction of sp³-hybridized carbons (Fsp3) is 0.700. The van der Waals surface area contributed by atoms with Crippen LogP contribution < -0.4 is 5.73 Å². The summed E-state index contributed by atoms with van der Waals surface area (Å²) < 4.78 is 6.27. The molecule has 1 aromatic heterocycles. The van der Waals surface area contributed by atoms with Crippen LogP contribution in [0, 0.1) is 5.92 Å². The topological polar surface area (TPSA) is 63.9 Å². The van der Waals surface area contributed by atoms with E-state index in [1.807, 2.05) is 0 Å². The predicted octanol–water partition coefficient (Wildman–Crippen LogP) is 1.64. The van der Waals surface area contributed by atoms with Crippen molar-refractivity contribution in [3.63, 3.8) is 0 Å². The monoisotopic (exact) mass is 273 g/mol. The molecule has 15 heavy (non-hydrogen) atoms. The van der Waals surface area contributed by atoms with Crippen LogP contribution in [0.15, 0.2) is 10.8 Å². The van der Waals surface area contributed by atoms with Crippen molar-refractivity contribution in [2.45, 2.75) is 18.8 Å². The molecule has 1 unspecified atom stereocenters. The normalized spacial score (nSPS) is 20.4. The number of imidazole rings is 1. The summed E-state index contributed by atoms with van der Waals surface area (Å²) in [6.45, 7) is 2.34. The number of ether oxygens (including phenoxy) is 1. The van der Waals surface area contributed by atoms with E-state index in [-0.39, 0.29) is 0 Å². The molecule has 1 aromatic rings. The van der Waals surface area contributed by atoms with E-state index in [1.165, 1.54) is 0 Å². The van der Waals surface area contributed by atoms with Crippen molar-refractivity contribution in [1.29, 1.82) is 0 Å². The number of halogens is 1. The first-order valence-electron chi connectivity index (χ1n) is 5.29. The van der Waals surface area contributed by atoms with E-state index in [0.717, 1.165) is 36.5 Å². The van der Waals surface area contributed by atoms with E-state index in [4.69, 9.17) is 10.5 Å². The Hall–Kier alpha value is -0.390. The van der Waals surface area contributed by atoms with Crippen LogP contribution in [0.2, 0.25) is 0 Å². The fourth-order valence-corrected chi connectivity index (χ4v) is 2.45. The van der Waals surface area contributed by atoms with Gasteiger partial charge in [-0.2, -0.15) is 0 Å². The smallest absolute Gasteiger partial charge is 0.111 e. The van der Waals surface area contributed by atoms with E-state index < -0.39 is 0 Å². The van der Waals surface area contributed by atoms with Crippen molar-refractivity contribution >= 4 is 15.9 Å². The molecule has 84 valence electrons. The van der Waals surface area contributed by atoms with Crippen molar-refractivity contribution in [2.75, 3.05) is 19.8 Å². The Morgan fingerprint density at radius 3 is 2.87 bits per heavy atom. The Labute approximate surface area is 97.7 Å². The SMILES string of the molecule is NCC(c1ncc(Br)[nH]1)C1CCOCC1. The lowest BCUT2D eigenvalue weighted by Crippen LogP contribution is -2.27. The summed E-state index contributed by atoms with van der Waals surface area (Å²) >= 11 is 3.37. The number of aromatic nitrogens is 2. The summed E-state index contributed by atoms with van der Waals surface area (Å²) in [5.74, 6) is 1.93. The van der Waals surface area contributed by atoms with Crippen LogP contribution in [0.3, 0.4) is 0 Å². The van der Waals surface area contributed by atoms with E-state index in [2.05, 4.69) is 25.9 Å². The second-order valence-corrected chi connectivity index (χ2v) is 4.76. The minimum absolute atomic E-state index is 0.334. The number of hydrogen-bond donors (Lipinski definition) is 2. The van der Waals surface area contributed by atoms with Gasteiger partial charge in [0.1, 0.15) is 10.4 Å². The van der Waals surface area contributed by atoms with Gasteiger partial charge < -0.3 is 15.5 Å². The highest BCUT2D eigenvalue weighted by Gasteiger charge is 2.26. The van der Waals surface area contributed by atoms with Gasteiger partial charge in [0, 0.05) is 25.7 Å². The lowest BCUT2D eigenvalue weighted by Gasteiger charge is -2.28.